The van der Waals surface area contributed by atoms with Crippen molar-refractivity contribution in [2.45, 2.75) is 33.6 Å². The molecule has 0 saturated heterocycles. The summed E-state index contributed by atoms with van der Waals surface area (Å²) >= 11 is 0. The van der Waals surface area contributed by atoms with Gasteiger partial charge in [0, 0.05) is 12.3 Å². The van der Waals surface area contributed by atoms with Gasteiger partial charge in [-0.1, -0.05) is 19.8 Å². The summed E-state index contributed by atoms with van der Waals surface area (Å²) < 4.78 is 4.68. The fourth-order valence-electron chi connectivity index (χ4n) is 0.736. The average Bonchev–Trinajstić information content (AvgIpc) is 2.12. The van der Waals surface area contributed by atoms with Crippen LogP contribution < -0.4 is 0 Å². The number of carbonyl (C=O) groups excluding carboxylic acids is 2. The Morgan fingerprint density at radius 3 is 2.43 bits per heavy atom. The molecule has 0 bridgehead atoms. The van der Waals surface area contributed by atoms with E-state index in [0.29, 0.717) is 6.61 Å². The zero-order valence-corrected chi connectivity index (χ0v) is 8.92. The summed E-state index contributed by atoms with van der Waals surface area (Å²) in [7, 11) is 0. The minimum atomic E-state index is -0.341. The van der Waals surface area contributed by atoms with Gasteiger partial charge < -0.3 is 4.74 Å². The standard InChI is InChI=1S/C11H16O3/c1-4-14-11(13)8-7-10(12)6-5-9(2)3/h9H,4,7-8H2,1-3H3. The molecule has 0 atom stereocenters. The van der Waals surface area contributed by atoms with Crippen LogP contribution >= 0.6 is 0 Å². The monoisotopic (exact) mass is 196 g/mol. The summed E-state index contributed by atoms with van der Waals surface area (Å²) in [6, 6.07) is 0. The molecule has 78 valence electrons. The number of hydrogen-bond donors (Lipinski definition) is 0. The SMILES string of the molecule is CCOC(=O)CCC(=O)C#CC(C)C. The molecule has 0 aliphatic heterocycles. The lowest BCUT2D eigenvalue weighted by atomic mass is 10.2. The first kappa shape index (κ1) is 12.7. The maximum atomic E-state index is 11.1. The van der Waals surface area contributed by atoms with Crippen molar-refractivity contribution in [2.75, 3.05) is 6.61 Å². The highest BCUT2D eigenvalue weighted by molar-refractivity contribution is 5.96. The third-order valence-corrected chi connectivity index (χ3v) is 1.36. The van der Waals surface area contributed by atoms with Crippen LogP contribution in [0.3, 0.4) is 0 Å². The second-order valence-corrected chi connectivity index (χ2v) is 3.15. The molecule has 3 heteroatoms. The second-order valence-electron chi connectivity index (χ2n) is 3.15. The van der Waals surface area contributed by atoms with Crippen molar-refractivity contribution in [1.29, 1.82) is 0 Å². The number of hydrogen-bond acceptors (Lipinski definition) is 3. The number of rotatable bonds is 4. The molecule has 0 aliphatic carbocycles. The van der Waals surface area contributed by atoms with Crippen LogP contribution in [-0.2, 0) is 14.3 Å². The highest BCUT2D eigenvalue weighted by atomic mass is 16.5. The van der Waals surface area contributed by atoms with E-state index >= 15 is 0 Å². The van der Waals surface area contributed by atoms with Gasteiger partial charge in [0.05, 0.1) is 13.0 Å². The second kappa shape index (κ2) is 7.14. The summed E-state index contributed by atoms with van der Waals surface area (Å²) in [5.74, 6) is 4.87. The highest BCUT2D eigenvalue weighted by Gasteiger charge is 2.04. The third-order valence-electron chi connectivity index (χ3n) is 1.36. The van der Waals surface area contributed by atoms with Gasteiger partial charge >= 0.3 is 5.97 Å². The lowest BCUT2D eigenvalue weighted by Gasteiger charge is -1.98. The van der Waals surface area contributed by atoms with Gasteiger partial charge in [-0.3, -0.25) is 9.59 Å². The van der Waals surface area contributed by atoms with Crippen molar-refractivity contribution in [3.63, 3.8) is 0 Å². The molecule has 0 amide bonds. The molecule has 0 aromatic rings. The van der Waals surface area contributed by atoms with E-state index in [9.17, 15) is 9.59 Å². The Kier molecular flexibility index (Phi) is 6.47. The van der Waals surface area contributed by atoms with Gasteiger partial charge in [-0.15, -0.1) is 0 Å². The van der Waals surface area contributed by atoms with Crippen LogP contribution in [0, 0.1) is 17.8 Å². The zero-order chi connectivity index (χ0) is 11.0. The number of Topliss-reactive ketones (excluding diaryl/α,β-unsaturated/α-hetero) is 1. The van der Waals surface area contributed by atoms with Crippen molar-refractivity contribution >= 4 is 11.8 Å². The fourth-order valence-corrected chi connectivity index (χ4v) is 0.736. The van der Waals surface area contributed by atoms with Crippen LogP contribution in [0.25, 0.3) is 0 Å². The van der Waals surface area contributed by atoms with Gasteiger partial charge in [-0.05, 0) is 12.8 Å². The van der Waals surface area contributed by atoms with Gasteiger partial charge in [0.25, 0.3) is 0 Å². The first-order valence-electron chi connectivity index (χ1n) is 4.76. The van der Waals surface area contributed by atoms with Gasteiger partial charge in [0.1, 0.15) is 0 Å². The normalized spacial score (nSPS) is 9.14. The maximum absolute atomic E-state index is 11.1. The van der Waals surface area contributed by atoms with Crippen LogP contribution in [0.4, 0.5) is 0 Å². The highest BCUT2D eigenvalue weighted by Crippen LogP contribution is 1.94. The van der Waals surface area contributed by atoms with E-state index in [4.69, 9.17) is 0 Å². The van der Waals surface area contributed by atoms with E-state index in [2.05, 4.69) is 16.6 Å². The van der Waals surface area contributed by atoms with E-state index in [0.717, 1.165) is 0 Å². The summed E-state index contributed by atoms with van der Waals surface area (Å²) in [6.45, 7) is 5.90. The molecule has 0 saturated carbocycles. The Labute approximate surface area is 84.8 Å². The maximum Gasteiger partial charge on any atom is 0.306 e. The number of esters is 1. The van der Waals surface area contributed by atoms with E-state index < -0.39 is 0 Å². The first-order valence-corrected chi connectivity index (χ1v) is 4.76. The lowest BCUT2D eigenvalue weighted by Crippen LogP contribution is -2.06. The summed E-state index contributed by atoms with van der Waals surface area (Å²) in [5.41, 5.74) is 0. The largest absolute Gasteiger partial charge is 0.466 e. The molecule has 3 nitrogen and oxygen atoms in total. The molecule has 0 aromatic heterocycles. The van der Waals surface area contributed by atoms with Gasteiger partial charge in [-0.2, -0.15) is 0 Å². The molecular weight excluding hydrogens is 180 g/mol. The Bertz CT molecular complexity index is 255. The third kappa shape index (κ3) is 7.35. The molecule has 0 fully saturated rings. The van der Waals surface area contributed by atoms with Crippen molar-refractivity contribution in [2.24, 2.45) is 5.92 Å². The van der Waals surface area contributed by atoms with Gasteiger partial charge in [0.15, 0.2) is 0 Å². The zero-order valence-electron chi connectivity index (χ0n) is 8.92. The molecule has 0 unspecified atom stereocenters. The Morgan fingerprint density at radius 1 is 1.29 bits per heavy atom. The Morgan fingerprint density at radius 2 is 1.93 bits per heavy atom. The fraction of sp³-hybridized carbons (Fsp3) is 0.636. The van der Waals surface area contributed by atoms with E-state index in [1.165, 1.54) is 0 Å². The first-order chi connectivity index (χ1) is 6.56. The molecular formula is C11H16O3. The predicted octanol–water partition coefficient (Wildman–Crippen LogP) is 1.56. The number of ether oxygens (including phenoxy) is 1. The Balaban J connectivity index is 3.76. The molecule has 0 rings (SSSR count). The molecule has 0 heterocycles. The van der Waals surface area contributed by atoms with E-state index in [-0.39, 0.29) is 30.5 Å². The number of carbonyl (C=O) groups is 2. The molecule has 0 aliphatic rings. The predicted molar refractivity (Wildman–Crippen MR) is 53.5 cm³/mol. The van der Waals surface area contributed by atoms with Gasteiger partial charge in [0.2, 0.25) is 5.78 Å². The van der Waals surface area contributed by atoms with Crippen molar-refractivity contribution in [1.82, 2.24) is 0 Å². The summed E-state index contributed by atoms with van der Waals surface area (Å²) in [6.07, 6.45) is 0.276. The van der Waals surface area contributed by atoms with Crippen molar-refractivity contribution < 1.29 is 14.3 Å². The van der Waals surface area contributed by atoms with Crippen LogP contribution in [0.1, 0.15) is 33.6 Å². The van der Waals surface area contributed by atoms with E-state index in [1.54, 1.807) is 6.92 Å². The van der Waals surface area contributed by atoms with Crippen LogP contribution in [0.15, 0.2) is 0 Å². The van der Waals surface area contributed by atoms with E-state index in [1.807, 2.05) is 13.8 Å². The quantitative estimate of drug-likeness (QED) is 0.389. The number of ketones is 1. The lowest BCUT2D eigenvalue weighted by molar-refractivity contribution is -0.144. The van der Waals surface area contributed by atoms with Crippen molar-refractivity contribution in [3.05, 3.63) is 0 Å². The topological polar surface area (TPSA) is 43.4 Å². The summed E-state index contributed by atoms with van der Waals surface area (Å²) in [5, 5.41) is 0. The van der Waals surface area contributed by atoms with Crippen molar-refractivity contribution in [3.8, 4) is 11.8 Å². The molecule has 0 aromatic carbocycles. The molecule has 0 radical (unpaired) electrons. The van der Waals surface area contributed by atoms with Crippen LogP contribution in [0.2, 0.25) is 0 Å². The molecule has 14 heavy (non-hydrogen) atoms. The Hall–Kier alpha value is -1.30. The molecule has 0 N–H and O–H groups in total. The molecule has 0 spiro atoms. The average molecular weight is 196 g/mol. The minimum absolute atomic E-state index is 0.124. The minimum Gasteiger partial charge on any atom is -0.466 e. The van der Waals surface area contributed by atoms with Gasteiger partial charge in [-0.25, -0.2) is 0 Å². The summed E-state index contributed by atoms with van der Waals surface area (Å²) in [4.78, 5) is 21.9. The smallest absolute Gasteiger partial charge is 0.306 e. The van der Waals surface area contributed by atoms with Crippen LogP contribution in [0.5, 0.6) is 0 Å². The van der Waals surface area contributed by atoms with Crippen LogP contribution in [-0.4, -0.2) is 18.4 Å².